The molecule has 1 aliphatic rings. The Morgan fingerprint density at radius 3 is 2.42 bits per heavy atom. The van der Waals surface area contributed by atoms with Crippen LogP contribution in [0.25, 0.3) is 0 Å². The highest BCUT2D eigenvalue weighted by molar-refractivity contribution is 6.69. The molecule has 0 saturated carbocycles. The molecule has 13 heteroatoms. The smallest absolute Gasteiger partial charge is 0.332 e. The molecule has 1 amide bonds. The molecule has 1 fully saturated rings. The fourth-order valence-electron chi connectivity index (χ4n) is 4.13. The average molecular weight is 617 g/mol. The summed E-state index contributed by atoms with van der Waals surface area (Å²) < 4.78 is 33.7. The number of cyclic esters (lactones) is 2. The van der Waals surface area contributed by atoms with Gasteiger partial charge in [-0.25, -0.2) is 9.78 Å². The number of nitrogens with one attached hydrogen (secondary N) is 1. The third-order valence-corrected chi connectivity index (χ3v) is 7.45. The van der Waals surface area contributed by atoms with Gasteiger partial charge in [0, 0.05) is 12.3 Å². The third-order valence-electron chi connectivity index (χ3n) is 6.47. The zero-order valence-corrected chi connectivity index (χ0v) is 26.6. The molecule has 2 heterocycles. The second kappa shape index (κ2) is 15.0. The number of benzene rings is 1. The molecule has 1 aromatic carbocycles. The molecule has 0 aliphatic carbocycles. The van der Waals surface area contributed by atoms with Gasteiger partial charge in [0.1, 0.15) is 18.6 Å². The summed E-state index contributed by atoms with van der Waals surface area (Å²) in [6.45, 7) is 10.1. The Kier molecular flexibility index (Phi) is 11.7. The Bertz CT molecular complexity index is 1280. The summed E-state index contributed by atoms with van der Waals surface area (Å²) in [5.41, 5.74) is 0.628. The lowest BCUT2D eigenvalue weighted by atomic mass is 9.91. The van der Waals surface area contributed by atoms with E-state index in [1.807, 2.05) is 50.0 Å². The van der Waals surface area contributed by atoms with Gasteiger partial charge in [-0.2, -0.15) is 0 Å². The summed E-state index contributed by atoms with van der Waals surface area (Å²) in [4.78, 5) is 56.8. The number of carbonyl (C=O) groups is 4. The first-order valence-electron chi connectivity index (χ1n) is 14.0. The van der Waals surface area contributed by atoms with Crippen molar-refractivity contribution in [3.8, 4) is 11.5 Å². The summed E-state index contributed by atoms with van der Waals surface area (Å²) >= 11 is 0. The number of esters is 3. The summed E-state index contributed by atoms with van der Waals surface area (Å²) in [5.74, 6) is -4.16. The van der Waals surface area contributed by atoms with Gasteiger partial charge >= 0.3 is 17.9 Å². The monoisotopic (exact) mass is 616 g/mol. The van der Waals surface area contributed by atoms with Crippen LogP contribution in [0.5, 0.6) is 11.5 Å². The maximum Gasteiger partial charge on any atom is 0.332 e. The van der Waals surface area contributed by atoms with E-state index < -0.39 is 68.8 Å². The number of methoxy groups -OCH3 is 1. The molecule has 4 unspecified atom stereocenters. The number of aromatic nitrogens is 1. The van der Waals surface area contributed by atoms with E-state index in [0.29, 0.717) is 0 Å². The molecular weight excluding hydrogens is 576 g/mol. The van der Waals surface area contributed by atoms with Gasteiger partial charge in [-0.05, 0) is 38.5 Å². The van der Waals surface area contributed by atoms with E-state index in [-0.39, 0.29) is 30.4 Å². The Balaban J connectivity index is 1.86. The Hall–Kier alpha value is -3.97. The van der Waals surface area contributed by atoms with Crippen LogP contribution < -0.4 is 14.8 Å². The zero-order valence-electron chi connectivity index (χ0n) is 25.6. The van der Waals surface area contributed by atoms with E-state index in [1.165, 1.54) is 26.3 Å². The van der Waals surface area contributed by atoms with Gasteiger partial charge in [0.15, 0.2) is 44.4 Å². The standard InChI is InChI=1S/C30H40N2O10Si/c1-18(2)28(34)42-25-19(3)41-30(36)22(16-38-29(35)21(25)15-20-11-9-8-10-12-20)32-27(33)24-26(23(37-4)13-14-31-24)39-17-40-43(5,6)7/h8-14,18-19,21-22,25H,15-17H2,1-7H3,(H,32,33). The van der Waals surface area contributed by atoms with Crippen molar-refractivity contribution in [3.63, 3.8) is 0 Å². The number of nitrogens with zero attached hydrogens (tertiary/aromatic N) is 1. The van der Waals surface area contributed by atoms with Gasteiger partial charge < -0.3 is 33.4 Å². The molecule has 3 rings (SSSR count). The predicted octanol–water partition coefficient (Wildman–Crippen LogP) is 3.29. The number of hydrogen-bond acceptors (Lipinski definition) is 11. The lowest BCUT2D eigenvalue weighted by molar-refractivity contribution is -0.176. The highest BCUT2D eigenvalue weighted by atomic mass is 28.4. The van der Waals surface area contributed by atoms with E-state index in [2.05, 4.69) is 10.3 Å². The van der Waals surface area contributed by atoms with Crippen molar-refractivity contribution >= 4 is 32.1 Å². The van der Waals surface area contributed by atoms with Crippen molar-refractivity contribution in [1.29, 1.82) is 0 Å². The van der Waals surface area contributed by atoms with Gasteiger partial charge in [-0.1, -0.05) is 44.2 Å². The number of carbonyl (C=O) groups excluding carboxylic acids is 4. The average Bonchev–Trinajstić information content (AvgIpc) is 2.99. The highest BCUT2D eigenvalue weighted by Crippen LogP contribution is 2.30. The van der Waals surface area contributed by atoms with E-state index >= 15 is 0 Å². The molecule has 0 radical (unpaired) electrons. The maximum atomic E-state index is 13.4. The van der Waals surface area contributed by atoms with E-state index in [9.17, 15) is 19.2 Å². The first kappa shape index (κ1) is 33.5. The second-order valence-electron chi connectivity index (χ2n) is 11.4. The van der Waals surface area contributed by atoms with Gasteiger partial charge in [-0.3, -0.25) is 14.4 Å². The van der Waals surface area contributed by atoms with E-state index in [4.69, 9.17) is 28.1 Å². The summed E-state index contributed by atoms with van der Waals surface area (Å²) in [6.07, 6.45) is -0.650. The fourth-order valence-corrected chi connectivity index (χ4v) is 4.55. The minimum absolute atomic E-state index is 0.0196. The predicted molar refractivity (Wildman–Crippen MR) is 157 cm³/mol. The lowest BCUT2D eigenvalue weighted by Gasteiger charge is -2.29. The molecule has 2 aromatic rings. The van der Waals surface area contributed by atoms with Crippen LogP contribution in [0.3, 0.4) is 0 Å². The first-order chi connectivity index (χ1) is 20.3. The molecule has 0 bridgehead atoms. The van der Waals surface area contributed by atoms with Gasteiger partial charge in [0.2, 0.25) is 0 Å². The van der Waals surface area contributed by atoms with Crippen LogP contribution in [0.4, 0.5) is 0 Å². The molecule has 0 spiro atoms. The molecule has 4 atom stereocenters. The molecule has 1 N–H and O–H groups in total. The number of amides is 1. The number of ether oxygens (including phenoxy) is 5. The Labute approximate surface area is 252 Å². The Morgan fingerprint density at radius 2 is 1.79 bits per heavy atom. The lowest BCUT2D eigenvalue weighted by Crippen LogP contribution is -2.47. The van der Waals surface area contributed by atoms with Crippen molar-refractivity contribution in [3.05, 3.63) is 53.9 Å². The molecule has 1 saturated heterocycles. The molecular formula is C30H40N2O10Si. The number of pyridine rings is 1. The largest absolute Gasteiger partial charge is 0.493 e. The van der Waals surface area contributed by atoms with E-state index in [0.717, 1.165) is 5.56 Å². The van der Waals surface area contributed by atoms with Crippen molar-refractivity contribution in [2.45, 2.75) is 65.1 Å². The van der Waals surface area contributed by atoms with Crippen molar-refractivity contribution in [2.75, 3.05) is 20.5 Å². The van der Waals surface area contributed by atoms with Gasteiger partial charge in [0.25, 0.3) is 5.91 Å². The van der Waals surface area contributed by atoms with Crippen molar-refractivity contribution < 1.29 is 47.3 Å². The molecule has 234 valence electrons. The highest BCUT2D eigenvalue weighted by Gasteiger charge is 2.42. The first-order valence-corrected chi connectivity index (χ1v) is 17.4. The Morgan fingerprint density at radius 1 is 1.09 bits per heavy atom. The topological polar surface area (TPSA) is 149 Å². The van der Waals surface area contributed by atoms with Crippen LogP contribution in [0.15, 0.2) is 42.6 Å². The van der Waals surface area contributed by atoms with Crippen molar-refractivity contribution in [1.82, 2.24) is 10.3 Å². The molecule has 1 aromatic heterocycles. The number of hydrogen-bond donors (Lipinski definition) is 1. The molecule has 12 nitrogen and oxygen atoms in total. The van der Waals surface area contributed by atoms with Gasteiger partial charge in [-0.15, -0.1) is 0 Å². The SMILES string of the molecule is COc1ccnc(C(=O)NC2COC(=O)C(Cc3ccccc3)C(OC(=O)C(C)C)C(C)OC2=O)c1OCO[Si](C)(C)C. The van der Waals surface area contributed by atoms with Crippen molar-refractivity contribution in [2.24, 2.45) is 11.8 Å². The van der Waals surface area contributed by atoms with Crippen LogP contribution in [0.2, 0.25) is 19.6 Å². The minimum atomic E-state index is -1.94. The quantitative estimate of drug-likeness (QED) is 0.172. The summed E-state index contributed by atoms with van der Waals surface area (Å²) in [6, 6.07) is 9.27. The van der Waals surface area contributed by atoms with Crippen LogP contribution in [-0.4, -0.2) is 75.9 Å². The minimum Gasteiger partial charge on any atom is -0.493 e. The maximum absolute atomic E-state index is 13.4. The fraction of sp³-hybridized carbons (Fsp3) is 0.500. The van der Waals surface area contributed by atoms with Crippen LogP contribution >= 0.6 is 0 Å². The van der Waals surface area contributed by atoms with Crippen LogP contribution in [0.1, 0.15) is 36.8 Å². The van der Waals surface area contributed by atoms with Crippen LogP contribution in [-0.2, 0) is 39.4 Å². The summed E-state index contributed by atoms with van der Waals surface area (Å²) in [5, 5.41) is 2.53. The zero-order chi connectivity index (χ0) is 31.7. The number of rotatable bonds is 11. The van der Waals surface area contributed by atoms with Crippen LogP contribution in [0, 0.1) is 11.8 Å². The molecule has 1 aliphatic heterocycles. The second-order valence-corrected chi connectivity index (χ2v) is 15.9. The summed E-state index contributed by atoms with van der Waals surface area (Å²) in [7, 11) is -0.526. The van der Waals surface area contributed by atoms with E-state index in [1.54, 1.807) is 13.8 Å². The van der Waals surface area contributed by atoms with Gasteiger partial charge in [0.05, 0.1) is 13.0 Å². The third kappa shape index (κ3) is 9.51. The normalized spacial score (nSPS) is 21.0. The molecule has 43 heavy (non-hydrogen) atoms.